The summed E-state index contributed by atoms with van der Waals surface area (Å²) in [6.45, 7) is 7.35. The van der Waals surface area contributed by atoms with Crippen LogP contribution in [-0.4, -0.2) is 38.9 Å². The summed E-state index contributed by atoms with van der Waals surface area (Å²) >= 11 is 0. The normalized spacial score (nSPS) is 14.3. The lowest BCUT2D eigenvalue weighted by molar-refractivity contribution is -0.0298. The van der Waals surface area contributed by atoms with E-state index in [1.807, 2.05) is 13.8 Å². The van der Waals surface area contributed by atoms with Crippen molar-refractivity contribution in [3.05, 3.63) is 0 Å². The highest BCUT2D eigenvalue weighted by Crippen LogP contribution is 2.20. The van der Waals surface area contributed by atoms with Crippen LogP contribution < -0.4 is 0 Å². The van der Waals surface area contributed by atoms with Gasteiger partial charge in [-0.05, 0) is 34.1 Å². The van der Waals surface area contributed by atoms with E-state index >= 15 is 0 Å². The Morgan fingerprint density at radius 2 is 1.60 bits per heavy atom. The van der Waals surface area contributed by atoms with Gasteiger partial charge in [-0.1, -0.05) is 0 Å². The molecule has 0 aromatic heterocycles. The minimum absolute atomic E-state index is 0.284. The van der Waals surface area contributed by atoms with Gasteiger partial charge < -0.3 is 9.47 Å². The Kier molecular flexibility index (Phi) is 4.76. The average molecular weight is 238 g/mol. The van der Waals surface area contributed by atoms with Crippen LogP contribution in [0.15, 0.2) is 0 Å². The van der Waals surface area contributed by atoms with E-state index in [-0.39, 0.29) is 5.60 Å². The summed E-state index contributed by atoms with van der Waals surface area (Å²) in [5.74, 6) is 0. The van der Waals surface area contributed by atoms with Crippen molar-refractivity contribution in [3.8, 4) is 0 Å². The molecule has 4 nitrogen and oxygen atoms in total. The van der Waals surface area contributed by atoms with Gasteiger partial charge in [-0.15, -0.1) is 0 Å². The maximum atomic E-state index is 11.3. The lowest BCUT2D eigenvalue weighted by atomic mass is 10.1. The first kappa shape index (κ1) is 14.9. The first-order valence-electron chi connectivity index (χ1n) is 4.90. The predicted octanol–water partition coefficient (Wildman–Crippen LogP) is 1.60. The van der Waals surface area contributed by atoms with Crippen LogP contribution >= 0.6 is 0 Å². The minimum atomic E-state index is -3.19. The van der Waals surface area contributed by atoms with E-state index in [1.165, 1.54) is 6.26 Å². The number of hydrogen-bond donors (Lipinski definition) is 0. The molecule has 0 saturated heterocycles. The minimum Gasteiger partial charge on any atom is -0.379 e. The maximum Gasteiger partial charge on any atom is 0.176 e. The van der Waals surface area contributed by atoms with Crippen LogP contribution in [0.5, 0.6) is 0 Å². The molecule has 0 aromatic rings. The zero-order valence-electron chi connectivity index (χ0n) is 10.5. The molecule has 0 amide bonds. The molecule has 5 heteroatoms. The summed E-state index contributed by atoms with van der Waals surface area (Å²) in [4.78, 5) is -1.13. The molecular formula is C10H22O4S. The van der Waals surface area contributed by atoms with E-state index in [0.29, 0.717) is 13.0 Å². The standard InChI is InChI=1S/C10H22O4S/c1-9(2,13-5)7-8-14-10(3,4)15(6,11)12/h7-8H2,1-6H3. The third-order valence-corrected chi connectivity index (χ3v) is 4.50. The second kappa shape index (κ2) is 4.80. The van der Waals surface area contributed by atoms with Crippen LogP contribution in [-0.2, 0) is 19.3 Å². The van der Waals surface area contributed by atoms with Crippen molar-refractivity contribution >= 4 is 9.84 Å². The number of ether oxygens (including phenoxy) is 2. The van der Waals surface area contributed by atoms with Crippen LogP contribution in [0.4, 0.5) is 0 Å². The van der Waals surface area contributed by atoms with Gasteiger partial charge in [0.25, 0.3) is 0 Å². The van der Waals surface area contributed by atoms with Crippen molar-refractivity contribution in [1.82, 2.24) is 0 Å². The Bertz CT molecular complexity index is 291. The van der Waals surface area contributed by atoms with Crippen LogP contribution in [0, 0.1) is 0 Å². The Balaban J connectivity index is 4.19. The van der Waals surface area contributed by atoms with Gasteiger partial charge in [-0.2, -0.15) is 0 Å². The molecule has 0 heterocycles. The first-order valence-corrected chi connectivity index (χ1v) is 6.80. The molecule has 0 unspecified atom stereocenters. The fourth-order valence-corrected chi connectivity index (χ4v) is 1.05. The van der Waals surface area contributed by atoms with Gasteiger partial charge in [0.2, 0.25) is 0 Å². The van der Waals surface area contributed by atoms with Gasteiger partial charge >= 0.3 is 0 Å². The SMILES string of the molecule is COC(C)(C)CCOC(C)(C)S(C)(=O)=O. The van der Waals surface area contributed by atoms with Crippen molar-refractivity contribution in [2.24, 2.45) is 0 Å². The highest BCUT2D eigenvalue weighted by Gasteiger charge is 2.31. The lowest BCUT2D eigenvalue weighted by Crippen LogP contribution is -2.36. The van der Waals surface area contributed by atoms with Crippen molar-refractivity contribution < 1.29 is 17.9 Å². The third-order valence-electron chi connectivity index (χ3n) is 2.60. The molecule has 0 N–H and O–H groups in total. The lowest BCUT2D eigenvalue weighted by Gasteiger charge is -2.27. The van der Waals surface area contributed by atoms with E-state index < -0.39 is 14.8 Å². The Morgan fingerprint density at radius 3 is 1.93 bits per heavy atom. The monoisotopic (exact) mass is 238 g/mol. The number of methoxy groups -OCH3 is 1. The van der Waals surface area contributed by atoms with E-state index in [0.717, 1.165) is 0 Å². The predicted molar refractivity (Wildman–Crippen MR) is 60.6 cm³/mol. The summed E-state index contributed by atoms with van der Waals surface area (Å²) in [6, 6.07) is 0. The molecule has 0 bridgehead atoms. The van der Waals surface area contributed by atoms with Gasteiger partial charge in [-0.3, -0.25) is 0 Å². The van der Waals surface area contributed by atoms with Crippen molar-refractivity contribution in [1.29, 1.82) is 0 Å². The molecule has 0 atom stereocenters. The molecule has 0 rings (SSSR count). The molecule has 0 saturated carbocycles. The molecular weight excluding hydrogens is 216 g/mol. The fourth-order valence-electron chi connectivity index (χ4n) is 0.752. The number of hydrogen-bond acceptors (Lipinski definition) is 4. The van der Waals surface area contributed by atoms with Crippen molar-refractivity contribution in [3.63, 3.8) is 0 Å². The summed E-state index contributed by atoms with van der Waals surface area (Å²) < 4.78 is 33.2. The molecule has 15 heavy (non-hydrogen) atoms. The van der Waals surface area contributed by atoms with Gasteiger partial charge in [0, 0.05) is 13.4 Å². The van der Waals surface area contributed by atoms with E-state index in [9.17, 15) is 8.42 Å². The van der Waals surface area contributed by atoms with Gasteiger partial charge in [0.1, 0.15) is 0 Å². The van der Waals surface area contributed by atoms with E-state index in [1.54, 1.807) is 21.0 Å². The maximum absolute atomic E-state index is 11.3. The Labute approximate surface area is 92.9 Å². The molecule has 92 valence electrons. The largest absolute Gasteiger partial charge is 0.379 e. The highest BCUT2D eigenvalue weighted by atomic mass is 32.2. The second-order valence-electron chi connectivity index (χ2n) is 4.73. The van der Waals surface area contributed by atoms with Gasteiger partial charge in [0.05, 0.1) is 12.2 Å². The van der Waals surface area contributed by atoms with Crippen LogP contribution in [0.3, 0.4) is 0 Å². The zero-order valence-corrected chi connectivity index (χ0v) is 11.3. The summed E-state index contributed by atoms with van der Waals surface area (Å²) in [6.07, 6.45) is 1.83. The molecule has 0 aliphatic rings. The van der Waals surface area contributed by atoms with Crippen LogP contribution in [0.2, 0.25) is 0 Å². The molecule has 0 fully saturated rings. The summed E-state index contributed by atoms with van der Waals surface area (Å²) in [5.41, 5.74) is -0.284. The van der Waals surface area contributed by atoms with Crippen molar-refractivity contribution in [2.45, 2.75) is 44.6 Å². The van der Waals surface area contributed by atoms with E-state index in [4.69, 9.17) is 9.47 Å². The Hall–Kier alpha value is -0.130. The zero-order chi connectivity index (χ0) is 12.3. The molecule has 0 aromatic carbocycles. The van der Waals surface area contributed by atoms with Gasteiger partial charge in [-0.25, -0.2) is 8.42 Å². The highest BCUT2D eigenvalue weighted by molar-refractivity contribution is 7.91. The quantitative estimate of drug-likeness (QED) is 0.705. The van der Waals surface area contributed by atoms with Crippen molar-refractivity contribution in [2.75, 3.05) is 20.0 Å². The smallest absolute Gasteiger partial charge is 0.176 e. The fraction of sp³-hybridized carbons (Fsp3) is 1.00. The molecule has 0 aliphatic carbocycles. The molecule has 0 aliphatic heterocycles. The summed E-state index contributed by atoms with van der Waals surface area (Å²) in [5, 5.41) is 0. The van der Waals surface area contributed by atoms with E-state index in [2.05, 4.69) is 0 Å². The average Bonchev–Trinajstić information content (AvgIpc) is 2.01. The topological polar surface area (TPSA) is 52.6 Å². The first-order chi connectivity index (χ1) is 6.52. The molecule has 0 spiro atoms. The van der Waals surface area contributed by atoms with Gasteiger partial charge in [0.15, 0.2) is 14.8 Å². The van der Waals surface area contributed by atoms with Crippen LogP contribution in [0.25, 0.3) is 0 Å². The Morgan fingerprint density at radius 1 is 1.13 bits per heavy atom. The van der Waals surface area contributed by atoms with Crippen LogP contribution in [0.1, 0.15) is 34.1 Å². The summed E-state index contributed by atoms with van der Waals surface area (Å²) in [7, 11) is -1.56. The number of sulfone groups is 1. The third kappa shape index (κ3) is 4.95. The number of rotatable bonds is 6. The molecule has 0 radical (unpaired) electrons. The second-order valence-corrected chi connectivity index (χ2v) is 7.26.